The van der Waals surface area contributed by atoms with Crippen LogP contribution in [0.1, 0.15) is 21.5 Å². The number of amides is 1. The van der Waals surface area contributed by atoms with Crippen molar-refractivity contribution < 1.29 is 19.4 Å². The van der Waals surface area contributed by atoms with Gasteiger partial charge < -0.3 is 15.5 Å². The lowest BCUT2D eigenvalue weighted by atomic mass is 10.1. The molecule has 0 bridgehead atoms. The summed E-state index contributed by atoms with van der Waals surface area (Å²) in [6.45, 7) is 0.247. The van der Waals surface area contributed by atoms with Crippen LogP contribution in [0, 0.1) is 5.82 Å². The van der Waals surface area contributed by atoms with E-state index < -0.39 is 17.5 Å². The van der Waals surface area contributed by atoms with Gasteiger partial charge in [-0.25, -0.2) is 4.39 Å². The first kappa shape index (κ1) is 14.0. The van der Waals surface area contributed by atoms with Gasteiger partial charge >= 0.3 is 0 Å². The molecule has 0 saturated heterocycles. The Morgan fingerprint density at radius 3 is 2.35 bits per heavy atom. The lowest BCUT2D eigenvalue weighted by Gasteiger charge is -2.07. The fourth-order valence-corrected chi connectivity index (χ4v) is 1.74. The van der Waals surface area contributed by atoms with Crippen LogP contribution in [0.3, 0.4) is 0 Å². The number of rotatable bonds is 4. The highest BCUT2D eigenvalue weighted by Gasteiger charge is 2.11. The molecule has 4 nitrogen and oxygen atoms in total. The average Bonchev–Trinajstić information content (AvgIpc) is 2.45. The molecular formula is C15H14FNO3. The second-order valence-corrected chi connectivity index (χ2v) is 4.32. The van der Waals surface area contributed by atoms with Gasteiger partial charge in [-0.3, -0.25) is 4.79 Å². The van der Waals surface area contributed by atoms with Crippen molar-refractivity contribution in [3.63, 3.8) is 0 Å². The molecule has 0 aliphatic carbocycles. The zero-order chi connectivity index (χ0) is 14.5. The molecule has 0 radical (unpaired) electrons. The van der Waals surface area contributed by atoms with Crippen LogP contribution >= 0.6 is 0 Å². The van der Waals surface area contributed by atoms with Gasteiger partial charge in [0.1, 0.15) is 11.6 Å². The highest BCUT2D eigenvalue weighted by Crippen LogP contribution is 2.17. The zero-order valence-corrected chi connectivity index (χ0v) is 10.6. The lowest BCUT2D eigenvalue weighted by molar-refractivity contribution is 0.0948. The summed E-state index contributed by atoms with van der Waals surface area (Å²) in [4.78, 5) is 11.8. The van der Waals surface area contributed by atoms with E-state index in [1.54, 1.807) is 24.3 Å². The highest BCUT2D eigenvalue weighted by atomic mass is 19.1. The van der Waals surface area contributed by atoms with E-state index in [1.165, 1.54) is 6.07 Å². The van der Waals surface area contributed by atoms with Crippen LogP contribution < -0.4 is 5.32 Å². The number of hydrogen-bond acceptors (Lipinski definition) is 3. The maximum Gasteiger partial charge on any atom is 0.255 e. The molecule has 0 spiro atoms. The Hall–Kier alpha value is -2.40. The normalized spacial score (nSPS) is 10.3. The molecule has 2 aromatic carbocycles. The molecule has 5 heteroatoms. The third kappa shape index (κ3) is 3.33. The maximum atomic E-state index is 12.8. The Bertz CT molecular complexity index is 611. The standard InChI is InChI=1S/C15H14FNO3/c16-12-5-6-13(14(19)7-12)15(20)17-8-10-1-3-11(9-18)4-2-10/h1-7,18-19H,8-9H2,(H,17,20). The molecule has 2 aromatic rings. The number of nitrogens with one attached hydrogen (secondary N) is 1. The van der Waals surface area contributed by atoms with Gasteiger partial charge in [-0.05, 0) is 23.3 Å². The molecule has 104 valence electrons. The van der Waals surface area contributed by atoms with E-state index in [4.69, 9.17) is 5.11 Å². The van der Waals surface area contributed by atoms with Gasteiger partial charge in [0.05, 0.1) is 12.2 Å². The number of benzene rings is 2. The topological polar surface area (TPSA) is 69.6 Å². The Morgan fingerprint density at radius 2 is 1.75 bits per heavy atom. The molecule has 0 fully saturated rings. The number of aromatic hydroxyl groups is 1. The molecule has 0 aliphatic rings. The maximum absolute atomic E-state index is 12.8. The Kier molecular flexibility index (Phi) is 4.32. The predicted octanol–water partition coefficient (Wildman–Crippen LogP) is 1.95. The molecule has 0 saturated carbocycles. The first-order valence-electron chi connectivity index (χ1n) is 6.05. The molecule has 3 N–H and O–H groups in total. The van der Waals surface area contributed by atoms with E-state index in [1.807, 2.05) is 0 Å². The molecule has 0 heterocycles. The summed E-state index contributed by atoms with van der Waals surface area (Å²) in [6.07, 6.45) is 0. The summed E-state index contributed by atoms with van der Waals surface area (Å²) >= 11 is 0. The van der Waals surface area contributed by atoms with Gasteiger partial charge in [-0.2, -0.15) is 0 Å². The quantitative estimate of drug-likeness (QED) is 0.798. The third-order valence-corrected chi connectivity index (χ3v) is 2.86. The van der Waals surface area contributed by atoms with Crippen LogP contribution in [0.25, 0.3) is 0 Å². The number of phenolic OH excluding ortho intramolecular Hbond substituents is 1. The zero-order valence-electron chi connectivity index (χ0n) is 10.6. The number of hydrogen-bond donors (Lipinski definition) is 3. The summed E-state index contributed by atoms with van der Waals surface area (Å²) in [7, 11) is 0. The lowest BCUT2D eigenvalue weighted by Crippen LogP contribution is -2.22. The van der Waals surface area contributed by atoms with Gasteiger partial charge in [0.15, 0.2) is 0 Å². The number of aliphatic hydroxyl groups is 1. The molecule has 1 amide bonds. The first-order valence-corrected chi connectivity index (χ1v) is 6.05. The van der Waals surface area contributed by atoms with Gasteiger partial charge in [-0.1, -0.05) is 24.3 Å². The van der Waals surface area contributed by atoms with Crippen molar-refractivity contribution in [3.05, 3.63) is 65.0 Å². The summed E-state index contributed by atoms with van der Waals surface area (Å²) in [5.74, 6) is -1.47. The van der Waals surface area contributed by atoms with Crippen molar-refractivity contribution in [2.75, 3.05) is 0 Å². The molecule has 2 rings (SSSR count). The smallest absolute Gasteiger partial charge is 0.255 e. The van der Waals surface area contributed by atoms with Gasteiger partial charge in [-0.15, -0.1) is 0 Å². The van der Waals surface area contributed by atoms with Gasteiger partial charge in [0.25, 0.3) is 5.91 Å². The van der Waals surface area contributed by atoms with E-state index in [0.29, 0.717) is 0 Å². The van der Waals surface area contributed by atoms with Crippen molar-refractivity contribution >= 4 is 5.91 Å². The fraction of sp³-hybridized carbons (Fsp3) is 0.133. The minimum Gasteiger partial charge on any atom is -0.507 e. The second-order valence-electron chi connectivity index (χ2n) is 4.32. The molecule has 20 heavy (non-hydrogen) atoms. The molecule has 0 aromatic heterocycles. The van der Waals surface area contributed by atoms with E-state index in [9.17, 15) is 14.3 Å². The van der Waals surface area contributed by atoms with Gasteiger partial charge in [0.2, 0.25) is 0 Å². The summed E-state index contributed by atoms with van der Waals surface area (Å²) in [5, 5.41) is 21.0. The van der Waals surface area contributed by atoms with Crippen LogP contribution in [0.5, 0.6) is 5.75 Å². The number of phenols is 1. The largest absolute Gasteiger partial charge is 0.507 e. The van der Waals surface area contributed by atoms with Crippen molar-refractivity contribution in [1.29, 1.82) is 0 Å². The van der Waals surface area contributed by atoms with Crippen LogP contribution in [0.4, 0.5) is 4.39 Å². The molecular weight excluding hydrogens is 261 g/mol. The number of halogens is 1. The SMILES string of the molecule is O=C(NCc1ccc(CO)cc1)c1ccc(F)cc1O. The number of carbonyl (C=O) groups is 1. The van der Waals surface area contributed by atoms with Crippen LogP contribution in [-0.2, 0) is 13.2 Å². The van der Waals surface area contributed by atoms with E-state index in [2.05, 4.69) is 5.32 Å². The summed E-state index contributed by atoms with van der Waals surface area (Å²) in [5.41, 5.74) is 1.67. The van der Waals surface area contributed by atoms with Crippen molar-refractivity contribution in [2.45, 2.75) is 13.2 Å². The summed E-state index contributed by atoms with van der Waals surface area (Å²) in [6, 6.07) is 10.3. The molecule has 0 aliphatic heterocycles. The highest BCUT2D eigenvalue weighted by molar-refractivity contribution is 5.96. The Labute approximate surface area is 115 Å². The average molecular weight is 275 g/mol. The first-order chi connectivity index (χ1) is 9.60. The van der Waals surface area contributed by atoms with Crippen molar-refractivity contribution in [1.82, 2.24) is 5.32 Å². The van der Waals surface area contributed by atoms with Crippen molar-refractivity contribution in [3.8, 4) is 5.75 Å². The van der Waals surface area contributed by atoms with Gasteiger partial charge in [0, 0.05) is 12.6 Å². The van der Waals surface area contributed by atoms with E-state index >= 15 is 0 Å². The van der Waals surface area contributed by atoms with E-state index in [0.717, 1.165) is 23.3 Å². The number of aliphatic hydroxyl groups excluding tert-OH is 1. The van der Waals surface area contributed by atoms with Crippen molar-refractivity contribution in [2.24, 2.45) is 0 Å². The monoisotopic (exact) mass is 275 g/mol. The van der Waals surface area contributed by atoms with Crippen LogP contribution in [-0.4, -0.2) is 16.1 Å². The van der Waals surface area contributed by atoms with Crippen LogP contribution in [0.2, 0.25) is 0 Å². The third-order valence-electron chi connectivity index (χ3n) is 2.86. The fourth-order valence-electron chi connectivity index (χ4n) is 1.74. The number of carbonyl (C=O) groups excluding carboxylic acids is 1. The Balaban J connectivity index is 2.00. The second kappa shape index (κ2) is 6.16. The predicted molar refractivity (Wildman–Crippen MR) is 71.6 cm³/mol. The van der Waals surface area contributed by atoms with E-state index in [-0.39, 0.29) is 18.7 Å². The van der Waals surface area contributed by atoms with Crippen LogP contribution in [0.15, 0.2) is 42.5 Å². The molecule has 0 atom stereocenters. The minimum atomic E-state index is -0.598. The summed E-state index contributed by atoms with van der Waals surface area (Å²) < 4.78 is 12.8. The minimum absolute atomic E-state index is 0.0263. The molecule has 0 unspecified atom stereocenters. The Morgan fingerprint density at radius 1 is 1.10 bits per heavy atom.